The first-order valence-electron chi connectivity index (χ1n) is 5.72. The zero-order valence-corrected chi connectivity index (χ0v) is 10.7. The van der Waals surface area contributed by atoms with E-state index in [2.05, 4.69) is 0 Å². The Kier molecular flexibility index (Phi) is 4.40. The highest BCUT2D eigenvalue weighted by Gasteiger charge is 2.34. The number of carboxylic acids is 1. The average Bonchev–Trinajstić information content (AvgIpc) is 2.30. The monoisotopic (exact) mass is 257 g/mol. The van der Waals surface area contributed by atoms with Gasteiger partial charge in [0, 0.05) is 12.1 Å². The number of hydrogen-bond donors (Lipinski definition) is 1. The minimum atomic E-state index is -1.13. The molecule has 0 fully saturated rings. The lowest BCUT2D eigenvalue weighted by Crippen LogP contribution is -2.49. The van der Waals surface area contributed by atoms with Crippen LogP contribution in [0.1, 0.15) is 26.3 Å². The van der Waals surface area contributed by atoms with E-state index in [9.17, 15) is 13.6 Å². The van der Waals surface area contributed by atoms with Gasteiger partial charge in [0.15, 0.2) is 11.6 Å². The van der Waals surface area contributed by atoms with Crippen molar-refractivity contribution in [2.45, 2.75) is 32.9 Å². The molecule has 1 aromatic rings. The largest absolute Gasteiger partial charge is 0.480 e. The van der Waals surface area contributed by atoms with Gasteiger partial charge in [-0.3, -0.25) is 9.69 Å². The molecule has 100 valence electrons. The minimum Gasteiger partial charge on any atom is -0.480 e. The van der Waals surface area contributed by atoms with E-state index in [1.165, 1.54) is 26.0 Å². The molecule has 0 aliphatic heterocycles. The highest BCUT2D eigenvalue weighted by Crippen LogP contribution is 2.20. The lowest BCUT2D eigenvalue weighted by Gasteiger charge is -2.34. The number of nitrogens with zero attached hydrogens (tertiary/aromatic N) is 1. The van der Waals surface area contributed by atoms with Crippen molar-refractivity contribution in [3.63, 3.8) is 0 Å². The number of aliphatic carboxylic acids is 1. The van der Waals surface area contributed by atoms with E-state index in [4.69, 9.17) is 5.11 Å². The van der Waals surface area contributed by atoms with Gasteiger partial charge in [0.05, 0.1) is 0 Å². The SMILES string of the molecule is CCN(Cc1cccc(F)c1F)C(C)(C)C(=O)O. The molecule has 1 aromatic carbocycles. The Morgan fingerprint density at radius 1 is 1.39 bits per heavy atom. The fourth-order valence-corrected chi connectivity index (χ4v) is 1.72. The summed E-state index contributed by atoms with van der Waals surface area (Å²) in [5.74, 6) is -2.84. The lowest BCUT2D eigenvalue weighted by atomic mass is 10.0. The summed E-state index contributed by atoms with van der Waals surface area (Å²) in [5, 5.41) is 9.14. The second-order valence-corrected chi connectivity index (χ2v) is 4.59. The van der Waals surface area contributed by atoms with E-state index < -0.39 is 23.1 Å². The van der Waals surface area contributed by atoms with Crippen LogP contribution < -0.4 is 0 Å². The molecule has 5 heteroatoms. The third kappa shape index (κ3) is 2.85. The summed E-state index contributed by atoms with van der Waals surface area (Å²) >= 11 is 0. The van der Waals surface area contributed by atoms with Crippen LogP contribution in [0.25, 0.3) is 0 Å². The summed E-state index contributed by atoms with van der Waals surface area (Å²) in [6.45, 7) is 5.34. The van der Waals surface area contributed by atoms with E-state index in [0.29, 0.717) is 6.54 Å². The summed E-state index contributed by atoms with van der Waals surface area (Å²) < 4.78 is 26.6. The Bertz CT molecular complexity index is 447. The Hall–Kier alpha value is -1.49. The Balaban J connectivity index is 3.00. The maximum atomic E-state index is 13.5. The summed E-state index contributed by atoms with van der Waals surface area (Å²) in [4.78, 5) is 12.7. The normalized spacial score (nSPS) is 11.9. The van der Waals surface area contributed by atoms with E-state index in [-0.39, 0.29) is 12.1 Å². The molecule has 0 heterocycles. The van der Waals surface area contributed by atoms with Gasteiger partial charge in [0.25, 0.3) is 0 Å². The van der Waals surface area contributed by atoms with Crippen LogP contribution >= 0.6 is 0 Å². The van der Waals surface area contributed by atoms with Crippen LogP contribution in [0.2, 0.25) is 0 Å². The molecule has 18 heavy (non-hydrogen) atoms. The molecule has 1 N–H and O–H groups in total. The lowest BCUT2D eigenvalue weighted by molar-refractivity contribution is -0.149. The molecule has 0 bridgehead atoms. The molecule has 0 saturated heterocycles. The molecule has 0 aliphatic rings. The van der Waals surface area contributed by atoms with Gasteiger partial charge in [-0.25, -0.2) is 8.78 Å². The fraction of sp³-hybridized carbons (Fsp3) is 0.462. The maximum absolute atomic E-state index is 13.5. The van der Waals surface area contributed by atoms with Crippen LogP contribution in [-0.2, 0) is 11.3 Å². The van der Waals surface area contributed by atoms with Crippen molar-refractivity contribution in [1.29, 1.82) is 0 Å². The Labute approximate surface area is 105 Å². The van der Waals surface area contributed by atoms with E-state index in [0.717, 1.165) is 6.07 Å². The van der Waals surface area contributed by atoms with E-state index in [1.807, 2.05) is 0 Å². The van der Waals surface area contributed by atoms with Crippen molar-refractivity contribution in [3.05, 3.63) is 35.4 Å². The quantitative estimate of drug-likeness (QED) is 0.881. The van der Waals surface area contributed by atoms with Crippen LogP contribution in [0, 0.1) is 11.6 Å². The molecular weight excluding hydrogens is 240 g/mol. The summed E-state index contributed by atoms with van der Waals surface area (Å²) in [6.07, 6.45) is 0. The number of rotatable bonds is 5. The second-order valence-electron chi connectivity index (χ2n) is 4.59. The van der Waals surface area contributed by atoms with Gasteiger partial charge in [-0.05, 0) is 26.5 Å². The molecule has 0 unspecified atom stereocenters. The molecule has 3 nitrogen and oxygen atoms in total. The predicted octanol–water partition coefficient (Wildman–Crippen LogP) is 2.65. The van der Waals surface area contributed by atoms with Crippen LogP contribution in [0.3, 0.4) is 0 Å². The van der Waals surface area contributed by atoms with Crippen LogP contribution in [0.4, 0.5) is 8.78 Å². The van der Waals surface area contributed by atoms with Crippen molar-refractivity contribution < 1.29 is 18.7 Å². The molecule has 0 radical (unpaired) electrons. The number of benzene rings is 1. The van der Waals surface area contributed by atoms with Gasteiger partial charge in [0.2, 0.25) is 0 Å². The van der Waals surface area contributed by atoms with E-state index >= 15 is 0 Å². The molecule has 0 amide bonds. The van der Waals surface area contributed by atoms with Crippen molar-refractivity contribution in [2.24, 2.45) is 0 Å². The molecular formula is C13H17F2NO2. The smallest absolute Gasteiger partial charge is 0.323 e. The highest BCUT2D eigenvalue weighted by atomic mass is 19.2. The zero-order valence-electron chi connectivity index (χ0n) is 10.7. The van der Waals surface area contributed by atoms with Gasteiger partial charge < -0.3 is 5.11 Å². The van der Waals surface area contributed by atoms with Gasteiger partial charge >= 0.3 is 5.97 Å². The van der Waals surface area contributed by atoms with Crippen LogP contribution in [-0.4, -0.2) is 28.1 Å². The summed E-state index contributed by atoms with van der Waals surface area (Å²) in [5.41, 5.74) is -0.973. The van der Waals surface area contributed by atoms with Crippen LogP contribution in [0.5, 0.6) is 0 Å². The first-order chi connectivity index (χ1) is 8.30. The molecule has 1 rings (SSSR count). The maximum Gasteiger partial charge on any atom is 0.323 e. The van der Waals surface area contributed by atoms with Gasteiger partial charge in [0.1, 0.15) is 5.54 Å². The van der Waals surface area contributed by atoms with Crippen molar-refractivity contribution in [3.8, 4) is 0 Å². The zero-order chi connectivity index (χ0) is 13.9. The number of hydrogen-bond acceptors (Lipinski definition) is 2. The number of carboxylic acid groups (broad SMARTS) is 1. The first kappa shape index (κ1) is 14.6. The van der Waals surface area contributed by atoms with E-state index in [1.54, 1.807) is 11.8 Å². The van der Waals surface area contributed by atoms with Crippen molar-refractivity contribution in [2.75, 3.05) is 6.54 Å². The number of carbonyl (C=O) groups is 1. The standard InChI is InChI=1S/C13H17F2NO2/c1-4-16(13(2,3)12(17)18)8-9-6-5-7-10(14)11(9)15/h5-7H,4,8H2,1-3H3,(H,17,18). The number of likely N-dealkylation sites (N-methyl/N-ethyl adjacent to an activating group) is 1. The van der Waals surface area contributed by atoms with Gasteiger partial charge in [-0.1, -0.05) is 19.1 Å². The van der Waals surface area contributed by atoms with Crippen LogP contribution in [0.15, 0.2) is 18.2 Å². The number of halogens is 2. The third-order valence-corrected chi connectivity index (χ3v) is 3.09. The molecule has 0 aromatic heterocycles. The summed E-state index contributed by atoms with van der Waals surface area (Å²) in [7, 11) is 0. The Morgan fingerprint density at radius 2 is 2.00 bits per heavy atom. The molecule has 0 spiro atoms. The second kappa shape index (κ2) is 5.44. The minimum absolute atomic E-state index is 0.0550. The topological polar surface area (TPSA) is 40.5 Å². The molecule has 0 aliphatic carbocycles. The van der Waals surface area contributed by atoms with Crippen molar-refractivity contribution >= 4 is 5.97 Å². The Morgan fingerprint density at radius 3 is 2.50 bits per heavy atom. The van der Waals surface area contributed by atoms with Crippen molar-refractivity contribution in [1.82, 2.24) is 4.90 Å². The molecule has 0 saturated carbocycles. The average molecular weight is 257 g/mol. The molecule has 0 atom stereocenters. The first-order valence-corrected chi connectivity index (χ1v) is 5.72. The van der Waals surface area contributed by atoms with Gasteiger partial charge in [-0.2, -0.15) is 0 Å². The third-order valence-electron chi connectivity index (χ3n) is 3.09. The van der Waals surface area contributed by atoms with Gasteiger partial charge in [-0.15, -0.1) is 0 Å². The summed E-state index contributed by atoms with van der Waals surface area (Å²) in [6, 6.07) is 3.91. The predicted molar refractivity (Wildman–Crippen MR) is 64.2 cm³/mol. The fourth-order valence-electron chi connectivity index (χ4n) is 1.72. The highest BCUT2D eigenvalue weighted by molar-refractivity contribution is 5.77.